The molecule has 18 heavy (non-hydrogen) atoms. The van der Waals surface area contributed by atoms with Crippen LogP contribution in [0.25, 0.3) is 0 Å². The predicted molar refractivity (Wildman–Crippen MR) is 66.9 cm³/mol. The fourth-order valence-corrected chi connectivity index (χ4v) is 3.65. The van der Waals surface area contributed by atoms with Gasteiger partial charge in [0, 0.05) is 23.8 Å². The lowest BCUT2D eigenvalue weighted by molar-refractivity contribution is -0.117. The number of halogens is 1. The molecule has 1 aliphatic rings. The van der Waals surface area contributed by atoms with Crippen molar-refractivity contribution >= 4 is 32.6 Å². The summed E-state index contributed by atoms with van der Waals surface area (Å²) in [5.41, 5.74) is 0.851. The third kappa shape index (κ3) is 2.86. The normalized spacial score (nSPS) is 20.7. The van der Waals surface area contributed by atoms with Crippen molar-refractivity contribution in [2.45, 2.75) is 20.3 Å². The summed E-state index contributed by atoms with van der Waals surface area (Å²) >= 11 is 1.39. The molecule has 1 saturated heterocycles. The Bertz CT molecular complexity index is 562. The highest BCUT2D eigenvalue weighted by molar-refractivity contribution is 7.86. The largest absolute Gasteiger partial charge is 0.302 e. The third-order valence-electron chi connectivity index (χ3n) is 2.89. The maximum atomic E-state index is 12.6. The Kier molecular flexibility index (Phi) is 3.41. The number of aryl methyl sites for hydroxylation is 2. The van der Waals surface area contributed by atoms with Crippen LogP contribution >= 0.6 is 11.3 Å². The first kappa shape index (κ1) is 13.4. The van der Waals surface area contributed by atoms with Gasteiger partial charge in [-0.15, -0.1) is 15.2 Å². The van der Waals surface area contributed by atoms with Gasteiger partial charge in [0.25, 0.3) is 0 Å². The van der Waals surface area contributed by atoms with Crippen molar-refractivity contribution in [3.63, 3.8) is 0 Å². The van der Waals surface area contributed by atoms with Gasteiger partial charge in [-0.3, -0.25) is 9.69 Å². The van der Waals surface area contributed by atoms with Gasteiger partial charge in [0.15, 0.2) is 5.13 Å². The van der Waals surface area contributed by atoms with Crippen molar-refractivity contribution in [3.8, 4) is 0 Å². The molecule has 0 spiro atoms. The van der Waals surface area contributed by atoms with Crippen LogP contribution < -0.4 is 4.90 Å². The molecule has 1 aliphatic heterocycles. The average Bonchev–Trinajstić information content (AvgIpc) is 2.69. The van der Waals surface area contributed by atoms with Gasteiger partial charge in [0.1, 0.15) is 0 Å². The maximum absolute atomic E-state index is 12.6. The summed E-state index contributed by atoms with van der Waals surface area (Å²) < 4.78 is 33.8. The number of carbonyl (C=O) groups excluding carboxylic acids is 1. The first-order valence-electron chi connectivity index (χ1n) is 5.43. The fourth-order valence-electron chi connectivity index (χ4n) is 1.93. The lowest BCUT2D eigenvalue weighted by Crippen LogP contribution is -2.25. The molecular weight excluding hydrogens is 279 g/mol. The number of carbonyl (C=O) groups is 1. The van der Waals surface area contributed by atoms with Crippen molar-refractivity contribution in [1.29, 1.82) is 0 Å². The van der Waals surface area contributed by atoms with E-state index in [-0.39, 0.29) is 18.9 Å². The highest BCUT2D eigenvalue weighted by atomic mass is 32.3. The van der Waals surface area contributed by atoms with Crippen LogP contribution in [-0.4, -0.2) is 31.6 Å². The molecule has 0 radical (unpaired) electrons. The monoisotopic (exact) mass is 292 g/mol. The number of rotatable bonds is 3. The molecule has 0 bridgehead atoms. The number of anilines is 1. The molecule has 8 heteroatoms. The summed E-state index contributed by atoms with van der Waals surface area (Å²) in [5, 5.41) is 0.564. The fraction of sp³-hybridized carbons (Fsp3) is 0.600. The van der Waals surface area contributed by atoms with Gasteiger partial charge in [-0.25, -0.2) is 4.98 Å². The molecule has 1 aromatic heterocycles. The van der Waals surface area contributed by atoms with E-state index in [0.29, 0.717) is 5.13 Å². The van der Waals surface area contributed by atoms with Gasteiger partial charge in [0.2, 0.25) is 5.91 Å². The van der Waals surface area contributed by atoms with Crippen LogP contribution in [0.4, 0.5) is 9.02 Å². The van der Waals surface area contributed by atoms with E-state index in [1.807, 2.05) is 13.8 Å². The summed E-state index contributed by atoms with van der Waals surface area (Å²) in [6, 6.07) is 0. The lowest BCUT2D eigenvalue weighted by atomic mass is 10.1. The van der Waals surface area contributed by atoms with E-state index in [1.165, 1.54) is 16.2 Å². The van der Waals surface area contributed by atoms with E-state index in [0.717, 1.165) is 10.6 Å². The second-order valence-electron chi connectivity index (χ2n) is 4.42. The second-order valence-corrected chi connectivity index (χ2v) is 7.01. The quantitative estimate of drug-likeness (QED) is 0.790. The highest BCUT2D eigenvalue weighted by Gasteiger charge is 2.35. The zero-order valence-electron chi connectivity index (χ0n) is 10.0. The van der Waals surface area contributed by atoms with E-state index >= 15 is 0 Å². The van der Waals surface area contributed by atoms with E-state index < -0.39 is 21.9 Å². The van der Waals surface area contributed by atoms with E-state index in [4.69, 9.17) is 0 Å². The number of hydrogen-bond acceptors (Lipinski definition) is 5. The van der Waals surface area contributed by atoms with Crippen LogP contribution in [0.5, 0.6) is 0 Å². The molecule has 1 aromatic rings. The van der Waals surface area contributed by atoms with E-state index in [1.54, 1.807) is 0 Å². The van der Waals surface area contributed by atoms with Crippen molar-refractivity contribution < 1.29 is 17.1 Å². The van der Waals surface area contributed by atoms with Crippen LogP contribution in [-0.2, 0) is 15.0 Å². The van der Waals surface area contributed by atoms with Gasteiger partial charge in [-0.2, -0.15) is 8.42 Å². The topological polar surface area (TPSA) is 67.3 Å². The van der Waals surface area contributed by atoms with E-state index in [9.17, 15) is 17.1 Å². The highest BCUT2D eigenvalue weighted by Crippen LogP contribution is 2.31. The van der Waals surface area contributed by atoms with Gasteiger partial charge >= 0.3 is 10.2 Å². The third-order valence-corrected chi connectivity index (χ3v) is 4.85. The van der Waals surface area contributed by atoms with E-state index in [2.05, 4.69) is 4.98 Å². The van der Waals surface area contributed by atoms with Crippen molar-refractivity contribution in [2.24, 2.45) is 5.92 Å². The van der Waals surface area contributed by atoms with Gasteiger partial charge in [-0.1, -0.05) is 0 Å². The standard InChI is InChI=1S/C10H13FN2O3S2/c1-6-7(2)17-10(12-6)13-4-8(3-9(13)14)5-18(11,15)16/h8H,3-5H2,1-2H3. The molecule has 5 nitrogen and oxygen atoms in total. The molecular formula is C10H13FN2O3S2. The molecule has 0 saturated carbocycles. The molecule has 1 amide bonds. The van der Waals surface area contributed by atoms with Crippen LogP contribution in [0.3, 0.4) is 0 Å². The van der Waals surface area contributed by atoms with Crippen molar-refractivity contribution in [1.82, 2.24) is 4.98 Å². The van der Waals surface area contributed by atoms with Crippen LogP contribution in [0.2, 0.25) is 0 Å². The number of thiazole rings is 1. The minimum Gasteiger partial charge on any atom is -0.288 e. The zero-order valence-corrected chi connectivity index (χ0v) is 11.6. The van der Waals surface area contributed by atoms with Crippen LogP contribution in [0, 0.1) is 19.8 Å². The average molecular weight is 292 g/mol. The minimum atomic E-state index is -4.54. The summed E-state index contributed by atoms with van der Waals surface area (Å²) in [5.74, 6) is -1.28. The number of amides is 1. The Morgan fingerprint density at radius 1 is 1.50 bits per heavy atom. The Labute approximate surface area is 109 Å². The minimum absolute atomic E-state index is 0.0564. The van der Waals surface area contributed by atoms with Crippen LogP contribution in [0.1, 0.15) is 17.0 Å². The second kappa shape index (κ2) is 4.58. The molecule has 2 heterocycles. The Morgan fingerprint density at radius 3 is 2.67 bits per heavy atom. The Balaban J connectivity index is 2.15. The maximum Gasteiger partial charge on any atom is 0.302 e. The SMILES string of the molecule is Cc1nc(N2CC(CS(=O)(=O)F)CC2=O)sc1C. The van der Waals surface area contributed by atoms with Crippen molar-refractivity contribution in [2.75, 3.05) is 17.2 Å². The van der Waals surface area contributed by atoms with Crippen molar-refractivity contribution in [3.05, 3.63) is 10.6 Å². The number of aromatic nitrogens is 1. The van der Waals surface area contributed by atoms with Gasteiger partial charge in [0.05, 0.1) is 11.4 Å². The molecule has 2 rings (SSSR count). The number of hydrogen-bond donors (Lipinski definition) is 0. The molecule has 100 valence electrons. The summed E-state index contributed by atoms with van der Waals surface area (Å²) in [6.45, 7) is 3.97. The summed E-state index contributed by atoms with van der Waals surface area (Å²) in [7, 11) is -4.54. The molecule has 0 aliphatic carbocycles. The molecule has 1 fully saturated rings. The lowest BCUT2D eigenvalue weighted by Gasteiger charge is -2.12. The van der Waals surface area contributed by atoms with Crippen LogP contribution in [0.15, 0.2) is 0 Å². The Hall–Kier alpha value is -1.02. The first-order valence-corrected chi connectivity index (χ1v) is 7.80. The molecule has 0 aromatic carbocycles. The predicted octanol–water partition coefficient (Wildman–Crippen LogP) is 1.41. The van der Waals surface area contributed by atoms with Gasteiger partial charge < -0.3 is 0 Å². The smallest absolute Gasteiger partial charge is 0.288 e. The van der Waals surface area contributed by atoms with Gasteiger partial charge in [-0.05, 0) is 13.8 Å². The Morgan fingerprint density at radius 2 is 2.17 bits per heavy atom. The first-order chi connectivity index (χ1) is 8.26. The zero-order chi connectivity index (χ0) is 13.5. The molecule has 0 N–H and O–H groups in total. The number of nitrogens with zero attached hydrogens (tertiary/aromatic N) is 2. The summed E-state index contributed by atoms with van der Waals surface area (Å²) in [4.78, 5) is 18.5. The summed E-state index contributed by atoms with van der Waals surface area (Å²) in [6.07, 6.45) is 0.0564. The molecule has 1 unspecified atom stereocenters. The molecule has 1 atom stereocenters.